The number of nitrogens with one attached hydrogen (secondary N) is 1. The third kappa shape index (κ3) is 2.84. The number of rotatable bonds is 5. The Morgan fingerprint density at radius 3 is 3.00 bits per heavy atom. The second kappa shape index (κ2) is 5.37. The fraction of sp³-hybridized carbons (Fsp3) is 0.667. The van der Waals surface area contributed by atoms with E-state index < -0.39 is 6.10 Å². The van der Waals surface area contributed by atoms with Crippen molar-refractivity contribution in [2.45, 2.75) is 38.2 Å². The molecule has 3 rings (SSSR count). The number of amides is 1. The maximum Gasteiger partial charge on any atom is 0.220 e. The molecule has 2 fully saturated rings. The van der Waals surface area contributed by atoms with E-state index in [-0.39, 0.29) is 12.5 Å². The highest BCUT2D eigenvalue weighted by Crippen LogP contribution is 2.49. The van der Waals surface area contributed by atoms with Crippen molar-refractivity contribution in [3.05, 3.63) is 24.2 Å². The Bertz CT molecular complexity index is 429. The maximum absolute atomic E-state index is 11.9. The molecule has 4 unspecified atom stereocenters. The van der Waals surface area contributed by atoms with Crippen molar-refractivity contribution < 1.29 is 14.3 Å². The Hall–Kier alpha value is -1.29. The van der Waals surface area contributed by atoms with Crippen LogP contribution in [0.1, 0.15) is 44.0 Å². The van der Waals surface area contributed by atoms with E-state index in [4.69, 9.17) is 4.42 Å². The lowest BCUT2D eigenvalue weighted by molar-refractivity contribution is -0.122. The molecule has 0 aromatic carbocycles. The van der Waals surface area contributed by atoms with Crippen LogP contribution >= 0.6 is 0 Å². The predicted molar refractivity (Wildman–Crippen MR) is 70.2 cm³/mol. The van der Waals surface area contributed by atoms with Crippen LogP contribution in [0.25, 0.3) is 0 Å². The van der Waals surface area contributed by atoms with E-state index >= 15 is 0 Å². The first-order chi connectivity index (χ1) is 9.22. The number of hydrogen-bond acceptors (Lipinski definition) is 3. The van der Waals surface area contributed by atoms with E-state index in [2.05, 4.69) is 5.32 Å². The van der Waals surface area contributed by atoms with E-state index in [1.54, 1.807) is 12.1 Å². The van der Waals surface area contributed by atoms with Gasteiger partial charge in [0, 0.05) is 6.42 Å². The first-order valence-electron chi connectivity index (χ1n) is 7.20. The van der Waals surface area contributed by atoms with Gasteiger partial charge in [-0.3, -0.25) is 4.79 Å². The zero-order valence-corrected chi connectivity index (χ0v) is 11.0. The average Bonchev–Trinajstić information content (AvgIpc) is 3.12. The summed E-state index contributed by atoms with van der Waals surface area (Å²) in [6.45, 7) is 0.229. The van der Waals surface area contributed by atoms with E-state index in [0.717, 1.165) is 11.8 Å². The lowest BCUT2D eigenvalue weighted by Gasteiger charge is -2.21. The Morgan fingerprint density at radius 2 is 2.37 bits per heavy atom. The minimum absolute atomic E-state index is 0.0585. The van der Waals surface area contributed by atoms with Gasteiger partial charge in [0.15, 0.2) is 0 Å². The second-order valence-electron chi connectivity index (χ2n) is 5.97. The Balaban J connectivity index is 1.42. The van der Waals surface area contributed by atoms with Gasteiger partial charge < -0.3 is 14.8 Å². The normalized spacial score (nSPS) is 30.5. The van der Waals surface area contributed by atoms with Crippen molar-refractivity contribution in [3.8, 4) is 0 Å². The smallest absolute Gasteiger partial charge is 0.220 e. The summed E-state index contributed by atoms with van der Waals surface area (Å²) in [6.07, 6.45) is 6.60. The van der Waals surface area contributed by atoms with Crippen LogP contribution in [0.15, 0.2) is 22.8 Å². The summed E-state index contributed by atoms with van der Waals surface area (Å²) in [6, 6.07) is 3.45. The zero-order valence-electron chi connectivity index (χ0n) is 11.0. The van der Waals surface area contributed by atoms with Crippen LogP contribution in [0.2, 0.25) is 0 Å². The van der Waals surface area contributed by atoms with Gasteiger partial charge in [-0.15, -0.1) is 0 Å². The first kappa shape index (κ1) is 12.7. The molecule has 0 saturated heterocycles. The SMILES string of the molecule is O=C(CC1CC2CCC1C2)NCC(O)c1ccco1. The van der Waals surface area contributed by atoms with Crippen molar-refractivity contribution in [2.75, 3.05) is 6.54 Å². The number of carbonyl (C=O) groups is 1. The highest BCUT2D eigenvalue weighted by Gasteiger charge is 2.40. The molecule has 2 aliphatic carbocycles. The van der Waals surface area contributed by atoms with Crippen LogP contribution in [0, 0.1) is 17.8 Å². The van der Waals surface area contributed by atoms with E-state index in [1.807, 2.05) is 0 Å². The topological polar surface area (TPSA) is 62.5 Å². The van der Waals surface area contributed by atoms with Crippen molar-refractivity contribution in [3.63, 3.8) is 0 Å². The molecular formula is C15H21NO3. The lowest BCUT2D eigenvalue weighted by atomic mass is 9.86. The second-order valence-corrected chi connectivity index (χ2v) is 5.97. The maximum atomic E-state index is 11.9. The van der Waals surface area contributed by atoms with Crippen molar-refractivity contribution in [2.24, 2.45) is 17.8 Å². The first-order valence-corrected chi connectivity index (χ1v) is 7.20. The number of hydrogen-bond donors (Lipinski definition) is 2. The predicted octanol–water partition coefficient (Wildman–Crippen LogP) is 2.26. The Kier molecular flexibility index (Phi) is 3.60. The monoisotopic (exact) mass is 263 g/mol. The van der Waals surface area contributed by atoms with Gasteiger partial charge in [0.1, 0.15) is 11.9 Å². The summed E-state index contributed by atoms with van der Waals surface area (Å²) in [5, 5.41) is 12.6. The summed E-state index contributed by atoms with van der Waals surface area (Å²) >= 11 is 0. The van der Waals surface area contributed by atoms with Crippen molar-refractivity contribution >= 4 is 5.91 Å². The molecule has 2 bridgehead atoms. The Morgan fingerprint density at radius 1 is 1.47 bits per heavy atom. The van der Waals surface area contributed by atoms with Gasteiger partial charge in [0.25, 0.3) is 0 Å². The molecule has 0 spiro atoms. The van der Waals surface area contributed by atoms with E-state index in [9.17, 15) is 9.90 Å². The molecule has 1 heterocycles. The van der Waals surface area contributed by atoms with Gasteiger partial charge in [-0.25, -0.2) is 0 Å². The zero-order chi connectivity index (χ0) is 13.2. The number of aliphatic hydroxyl groups excluding tert-OH is 1. The lowest BCUT2D eigenvalue weighted by Crippen LogP contribution is -2.30. The molecule has 0 radical (unpaired) electrons. The number of carbonyl (C=O) groups excluding carboxylic acids is 1. The van der Waals surface area contributed by atoms with Crippen LogP contribution in [0.3, 0.4) is 0 Å². The summed E-state index contributed by atoms with van der Waals surface area (Å²) in [5.41, 5.74) is 0. The van der Waals surface area contributed by atoms with Gasteiger partial charge in [-0.1, -0.05) is 6.42 Å². The minimum Gasteiger partial charge on any atom is -0.467 e. The number of fused-ring (bicyclic) bond motifs is 2. The molecule has 4 heteroatoms. The number of aliphatic hydroxyl groups is 1. The molecular weight excluding hydrogens is 242 g/mol. The average molecular weight is 263 g/mol. The fourth-order valence-electron chi connectivity index (χ4n) is 3.73. The van der Waals surface area contributed by atoms with Crippen LogP contribution in [0.4, 0.5) is 0 Å². The summed E-state index contributed by atoms with van der Waals surface area (Å²) in [7, 11) is 0. The van der Waals surface area contributed by atoms with Crippen LogP contribution in [0.5, 0.6) is 0 Å². The molecule has 19 heavy (non-hydrogen) atoms. The minimum atomic E-state index is -0.751. The standard InChI is InChI=1S/C15H21NO3/c17-13(14-2-1-5-19-14)9-16-15(18)8-12-7-10-3-4-11(12)6-10/h1-2,5,10-13,17H,3-4,6-9H2,(H,16,18). The van der Waals surface area contributed by atoms with Crippen molar-refractivity contribution in [1.82, 2.24) is 5.32 Å². The van der Waals surface area contributed by atoms with Crippen LogP contribution in [-0.2, 0) is 4.79 Å². The van der Waals surface area contributed by atoms with Crippen LogP contribution in [-0.4, -0.2) is 17.6 Å². The molecule has 2 aliphatic rings. The van der Waals surface area contributed by atoms with Gasteiger partial charge >= 0.3 is 0 Å². The van der Waals surface area contributed by atoms with Gasteiger partial charge in [-0.2, -0.15) is 0 Å². The molecule has 4 atom stereocenters. The number of furan rings is 1. The highest BCUT2D eigenvalue weighted by molar-refractivity contribution is 5.76. The third-order valence-electron chi connectivity index (χ3n) is 4.70. The van der Waals surface area contributed by atoms with Crippen molar-refractivity contribution in [1.29, 1.82) is 0 Å². The molecule has 104 valence electrons. The van der Waals surface area contributed by atoms with E-state index in [0.29, 0.717) is 18.1 Å². The quantitative estimate of drug-likeness (QED) is 0.856. The molecule has 1 aromatic heterocycles. The van der Waals surface area contributed by atoms with E-state index in [1.165, 1.54) is 31.9 Å². The molecule has 2 N–H and O–H groups in total. The van der Waals surface area contributed by atoms with Crippen LogP contribution < -0.4 is 5.32 Å². The highest BCUT2D eigenvalue weighted by atomic mass is 16.4. The molecule has 1 amide bonds. The molecule has 1 aromatic rings. The molecule has 0 aliphatic heterocycles. The van der Waals surface area contributed by atoms with Gasteiger partial charge in [0.05, 0.1) is 12.8 Å². The summed E-state index contributed by atoms with van der Waals surface area (Å²) in [4.78, 5) is 11.9. The summed E-state index contributed by atoms with van der Waals surface area (Å²) < 4.78 is 5.10. The van der Waals surface area contributed by atoms with Gasteiger partial charge in [-0.05, 0) is 49.1 Å². The fourth-order valence-corrected chi connectivity index (χ4v) is 3.73. The Labute approximate surface area is 113 Å². The third-order valence-corrected chi connectivity index (χ3v) is 4.70. The largest absolute Gasteiger partial charge is 0.467 e. The molecule has 2 saturated carbocycles. The molecule has 4 nitrogen and oxygen atoms in total. The van der Waals surface area contributed by atoms with Gasteiger partial charge in [0.2, 0.25) is 5.91 Å². The summed E-state index contributed by atoms with van der Waals surface area (Å²) in [5.74, 6) is 2.77.